The molecular weight excluding hydrogens is 278 g/mol. The summed E-state index contributed by atoms with van der Waals surface area (Å²) >= 11 is 0. The van der Waals surface area contributed by atoms with Crippen molar-refractivity contribution in [3.63, 3.8) is 0 Å². The fourth-order valence-corrected chi connectivity index (χ4v) is 3.10. The fourth-order valence-electron chi connectivity index (χ4n) is 3.10. The highest BCUT2D eigenvalue weighted by Gasteiger charge is 2.31. The molecule has 1 saturated heterocycles. The Labute approximate surface area is 131 Å². The van der Waals surface area contributed by atoms with Crippen LogP contribution in [0.15, 0.2) is 35.1 Å². The van der Waals surface area contributed by atoms with E-state index in [1.807, 2.05) is 30.1 Å². The number of ether oxygens (including phenoxy) is 1. The van der Waals surface area contributed by atoms with Crippen molar-refractivity contribution in [3.8, 4) is 0 Å². The Kier molecular flexibility index (Phi) is 4.95. The third kappa shape index (κ3) is 3.59. The average Bonchev–Trinajstić information content (AvgIpc) is 3.24. The maximum absolute atomic E-state index is 5.93. The molecule has 5 heteroatoms. The van der Waals surface area contributed by atoms with Gasteiger partial charge in [0.05, 0.1) is 12.0 Å². The minimum absolute atomic E-state index is 0.164. The number of hydrogen-bond acceptors (Lipinski definition) is 4. The predicted molar refractivity (Wildman–Crippen MR) is 84.5 cm³/mol. The number of rotatable bonds is 7. The molecule has 1 fully saturated rings. The van der Waals surface area contributed by atoms with Crippen LogP contribution in [0, 0.1) is 5.92 Å². The van der Waals surface area contributed by atoms with Gasteiger partial charge in [-0.1, -0.05) is 0 Å². The van der Waals surface area contributed by atoms with Gasteiger partial charge in [-0.2, -0.15) is 5.10 Å². The van der Waals surface area contributed by atoms with Crippen molar-refractivity contribution in [2.75, 3.05) is 13.2 Å². The number of hydrogen-bond donors (Lipinski definition) is 1. The summed E-state index contributed by atoms with van der Waals surface area (Å²) in [7, 11) is 1.98. The van der Waals surface area contributed by atoms with Gasteiger partial charge in [-0.15, -0.1) is 0 Å². The van der Waals surface area contributed by atoms with Crippen molar-refractivity contribution in [2.45, 2.75) is 38.3 Å². The molecule has 0 unspecified atom stereocenters. The molecule has 2 aromatic rings. The normalized spacial score (nSPS) is 23.0. The van der Waals surface area contributed by atoms with Crippen molar-refractivity contribution < 1.29 is 9.15 Å². The van der Waals surface area contributed by atoms with Crippen LogP contribution >= 0.6 is 0 Å². The molecule has 5 nitrogen and oxygen atoms in total. The van der Waals surface area contributed by atoms with Crippen molar-refractivity contribution in [1.82, 2.24) is 15.1 Å². The Morgan fingerprint density at radius 3 is 3.09 bits per heavy atom. The highest BCUT2D eigenvalue weighted by molar-refractivity contribution is 5.07. The first kappa shape index (κ1) is 15.3. The van der Waals surface area contributed by atoms with Crippen LogP contribution in [0.25, 0.3) is 0 Å². The van der Waals surface area contributed by atoms with Crippen LogP contribution in [-0.4, -0.2) is 29.0 Å². The van der Waals surface area contributed by atoms with E-state index in [0.717, 1.165) is 38.2 Å². The molecule has 0 saturated carbocycles. The zero-order valence-corrected chi connectivity index (χ0v) is 13.4. The summed E-state index contributed by atoms with van der Waals surface area (Å²) < 4.78 is 13.2. The van der Waals surface area contributed by atoms with Gasteiger partial charge in [0.15, 0.2) is 0 Å². The van der Waals surface area contributed by atoms with Gasteiger partial charge in [0, 0.05) is 44.8 Å². The minimum Gasteiger partial charge on any atom is -0.469 e. The Balaban J connectivity index is 1.47. The Morgan fingerprint density at radius 2 is 2.36 bits per heavy atom. The largest absolute Gasteiger partial charge is 0.469 e. The number of nitrogens with one attached hydrogen (secondary N) is 1. The van der Waals surface area contributed by atoms with Crippen LogP contribution in [0.5, 0.6) is 0 Å². The minimum atomic E-state index is 0.164. The third-order valence-electron chi connectivity index (χ3n) is 4.50. The Morgan fingerprint density at radius 1 is 1.45 bits per heavy atom. The molecule has 1 N–H and O–H groups in total. The SMILES string of the molecule is C[C@H](CCc1ccco1)NC[C@@H]1CCO[C@H]1c1ccnn1C. The molecule has 0 spiro atoms. The number of nitrogens with zero attached hydrogens (tertiary/aromatic N) is 2. The maximum Gasteiger partial charge on any atom is 0.103 e. The van der Waals surface area contributed by atoms with Crippen molar-refractivity contribution in [2.24, 2.45) is 13.0 Å². The molecule has 3 heterocycles. The molecule has 0 aliphatic carbocycles. The van der Waals surface area contributed by atoms with E-state index in [1.165, 1.54) is 5.69 Å². The Bertz CT molecular complexity index is 564. The zero-order valence-electron chi connectivity index (χ0n) is 13.4. The topological polar surface area (TPSA) is 52.2 Å². The monoisotopic (exact) mass is 303 g/mol. The van der Waals surface area contributed by atoms with E-state index < -0.39 is 0 Å². The van der Waals surface area contributed by atoms with Gasteiger partial charge in [-0.25, -0.2) is 0 Å². The van der Waals surface area contributed by atoms with Gasteiger partial charge in [-0.05, 0) is 38.0 Å². The average molecular weight is 303 g/mol. The van der Waals surface area contributed by atoms with E-state index in [-0.39, 0.29) is 6.10 Å². The van der Waals surface area contributed by atoms with E-state index in [0.29, 0.717) is 12.0 Å². The summed E-state index contributed by atoms with van der Waals surface area (Å²) in [6, 6.07) is 6.51. The molecule has 3 atom stereocenters. The molecule has 1 aliphatic rings. The number of aryl methyl sites for hydroxylation is 2. The van der Waals surface area contributed by atoms with Crippen molar-refractivity contribution in [1.29, 1.82) is 0 Å². The van der Waals surface area contributed by atoms with Crippen LogP contribution in [-0.2, 0) is 18.2 Å². The molecular formula is C17H25N3O2. The molecule has 120 valence electrons. The summed E-state index contributed by atoms with van der Waals surface area (Å²) in [5.74, 6) is 1.58. The van der Waals surface area contributed by atoms with Gasteiger partial charge in [-0.3, -0.25) is 4.68 Å². The van der Waals surface area contributed by atoms with E-state index in [4.69, 9.17) is 9.15 Å². The molecule has 1 aliphatic heterocycles. The lowest BCUT2D eigenvalue weighted by molar-refractivity contribution is 0.0832. The standard InChI is InChI=1S/C17H25N3O2/c1-13(5-6-15-4-3-10-21-15)18-12-14-8-11-22-17(14)16-7-9-19-20(16)2/h3-4,7,9-10,13-14,17-18H,5-6,8,11-12H2,1-2H3/t13-,14+,17-/m1/s1. The van der Waals surface area contributed by atoms with Gasteiger partial charge in [0.25, 0.3) is 0 Å². The third-order valence-corrected chi connectivity index (χ3v) is 4.50. The summed E-state index contributed by atoms with van der Waals surface area (Å²) in [6.07, 6.45) is 6.91. The smallest absolute Gasteiger partial charge is 0.103 e. The van der Waals surface area contributed by atoms with E-state index in [2.05, 4.69) is 23.4 Å². The van der Waals surface area contributed by atoms with Crippen LogP contribution in [0.3, 0.4) is 0 Å². The number of aromatic nitrogens is 2. The van der Waals surface area contributed by atoms with Crippen LogP contribution in [0.2, 0.25) is 0 Å². The van der Waals surface area contributed by atoms with Gasteiger partial charge in [0.1, 0.15) is 11.9 Å². The first-order valence-electron chi connectivity index (χ1n) is 8.09. The van der Waals surface area contributed by atoms with E-state index >= 15 is 0 Å². The Hall–Kier alpha value is -1.59. The lowest BCUT2D eigenvalue weighted by Gasteiger charge is -2.21. The second-order valence-electron chi connectivity index (χ2n) is 6.15. The molecule has 3 rings (SSSR count). The summed E-state index contributed by atoms with van der Waals surface area (Å²) in [5.41, 5.74) is 1.17. The first-order valence-corrected chi connectivity index (χ1v) is 8.09. The summed E-state index contributed by atoms with van der Waals surface area (Å²) in [6.45, 7) is 4.05. The fraction of sp³-hybridized carbons (Fsp3) is 0.588. The molecule has 0 amide bonds. The van der Waals surface area contributed by atoms with Crippen molar-refractivity contribution >= 4 is 0 Å². The highest BCUT2D eigenvalue weighted by Crippen LogP contribution is 2.33. The van der Waals surface area contributed by atoms with E-state index in [1.54, 1.807) is 6.26 Å². The highest BCUT2D eigenvalue weighted by atomic mass is 16.5. The molecule has 0 bridgehead atoms. The quantitative estimate of drug-likeness (QED) is 0.854. The molecule has 2 aromatic heterocycles. The first-order chi connectivity index (χ1) is 10.7. The van der Waals surface area contributed by atoms with Crippen LogP contribution < -0.4 is 5.32 Å². The van der Waals surface area contributed by atoms with Gasteiger partial charge in [0.2, 0.25) is 0 Å². The summed E-state index contributed by atoms with van der Waals surface area (Å²) in [5, 5.41) is 7.90. The van der Waals surface area contributed by atoms with E-state index in [9.17, 15) is 0 Å². The molecule has 22 heavy (non-hydrogen) atoms. The van der Waals surface area contributed by atoms with Gasteiger partial charge < -0.3 is 14.5 Å². The lowest BCUT2D eigenvalue weighted by Crippen LogP contribution is -2.33. The number of furan rings is 1. The van der Waals surface area contributed by atoms with Crippen LogP contribution in [0.1, 0.15) is 37.3 Å². The predicted octanol–water partition coefficient (Wildman–Crippen LogP) is 2.70. The molecule has 0 aromatic carbocycles. The second-order valence-corrected chi connectivity index (χ2v) is 6.15. The second kappa shape index (κ2) is 7.11. The maximum atomic E-state index is 5.93. The lowest BCUT2D eigenvalue weighted by atomic mass is 9.98. The molecule has 0 radical (unpaired) electrons. The van der Waals surface area contributed by atoms with Crippen LogP contribution in [0.4, 0.5) is 0 Å². The van der Waals surface area contributed by atoms with Gasteiger partial charge >= 0.3 is 0 Å². The summed E-state index contributed by atoms with van der Waals surface area (Å²) in [4.78, 5) is 0. The zero-order chi connectivity index (χ0) is 15.4. The van der Waals surface area contributed by atoms with Crippen molar-refractivity contribution in [3.05, 3.63) is 42.1 Å².